The normalized spacial score (nSPS) is 12.6. The number of sulfonamides is 1. The van der Waals surface area contributed by atoms with E-state index >= 15 is 0 Å². The van der Waals surface area contributed by atoms with Crippen molar-refractivity contribution in [1.29, 1.82) is 0 Å². The fourth-order valence-corrected chi connectivity index (χ4v) is 4.68. The molecule has 0 aliphatic heterocycles. The highest BCUT2D eigenvalue weighted by atomic mass is 32.2. The van der Waals surface area contributed by atoms with E-state index in [1.54, 1.807) is 0 Å². The van der Waals surface area contributed by atoms with Crippen LogP contribution < -0.4 is 10.5 Å². The summed E-state index contributed by atoms with van der Waals surface area (Å²) < 4.78 is 26.9. The average molecular weight is 316 g/mol. The second kappa shape index (κ2) is 7.33. The summed E-state index contributed by atoms with van der Waals surface area (Å²) in [6.07, 6.45) is 1.57. The molecule has 1 aromatic carbocycles. The van der Waals surface area contributed by atoms with E-state index in [-0.39, 0.29) is 11.3 Å². The molecule has 0 saturated heterocycles. The first-order valence-electron chi connectivity index (χ1n) is 6.80. The quantitative estimate of drug-likeness (QED) is 0.571. The van der Waals surface area contributed by atoms with Gasteiger partial charge in [0.1, 0.15) is 0 Å². The molecule has 0 saturated carbocycles. The molecular formula is C14H24N2O2S2. The molecule has 0 aliphatic carbocycles. The van der Waals surface area contributed by atoms with Gasteiger partial charge in [0.15, 0.2) is 0 Å². The third-order valence-electron chi connectivity index (χ3n) is 3.44. The van der Waals surface area contributed by atoms with Crippen molar-refractivity contribution < 1.29 is 8.42 Å². The number of nitrogen functional groups attached to an aromatic ring is 1. The van der Waals surface area contributed by atoms with Gasteiger partial charge in [-0.2, -0.15) is 0 Å². The van der Waals surface area contributed by atoms with Crippen molar-refractivity contribution in [3.05, 3.63) is 24.3 Å². The average Bonchev–Trinajstić information content (AvgIpc) is 2.38. The summed E-state index contributed by atoms with van der Waals surface area (Å²) >= 11 is 1.50. The van der Waals surface area contributed by atoms with Gasteiger partial charge in [-0.25, -0.2) is 13.1 Å². The van der Waals surface area contributed by atoms with Gasteiger partial charge < -0.3 is 5.73 Å². The highest BCUT2D eigenvalue weighted by Gasteiger charge is 2.25. The van der Waals surface area contributed by atoms with Gasteiger partial charge in [-0.05, 0) is 38.0 Å². The van der Waals surface area contributed by atoms with E-state index in [1.165, 1.54) is 11.8 Å². The number of nitrogens with two attached hydrogens (primary N) is 1. The first-order valence-corrected chi connectivity index (χ1v) is 9.44. The second-order valence-corrected chi connectivity index (χ2v) is 8.12. The van der Waals surface area contributed by atoms with Crippen LogP contribution in [0.2, 0.25) is 0 Å². The van der Waals surface area contributed by atoms with E-state index < -0.39 is 10.0 Å². The maximum atomic E-state index is 12.1. The van der Waals surface area contributed by atoms with Gasteiger partial charge in [0, 0.05) is 21.9 Å². The molecule has 0 fully saturated rings. The number of benzene rings is 1. The molecule has 1 rings (SSSR count). The monoisotopic (exact) mass is 316 g/mol. The summed E-state index contributed by atoms with van der Waals surface area (Å²) in [6, 6.07) is 7.47. The number of nitrogens with one attached hydrogen (secondary N) is 1. The largest absolute Gasteiger partial charge is 0.399 e. The lowest BCUT2D eigenvalue weighted by Crippen LogP contribution is -2.46. The molecule has 20 heavy (non-hydrogen) atoms. The number of hydrogen-bond acceptors (Lipinski definition) is 4. The van der Waals surface area contributed by atoms with Crippen molar-refractivity contribution in [3.8, 4) is 0 Å². The molecule has 0 amide bonds. The molecule has 0 spiro atoms. The Hall–Kier alpha value is -0.720. The summed E-state index contributed by atoms with van der Waals surface area (Å²) in [4.78, 5) is 0.994. The number of hydrogen-bond donors (Lipinski definition) is 2. The first kappa shape index (κ1) is 17.3. The predicted molar refractivity (Wildman–Crippen MR) is 87.5 cm³/mol. The van der Waals surface area contributed by atoms with Gasteiger partial charge in [-0.3, -0.25) is 0 Å². The van der Waals surface area contributed by atoms with E-state index in [4.69, 9.17) is 5.73 Å². The van der Waals surface area contributed by atoms with Gasteiger partial charge in [-0.1, -0.05) is 19.9 Å². The van der Waals surface area contributed by atoms with Crippen molar-refractivity contribution in [2.75, 3.05) is 17.2 Å². The summed E-state index contributed by atoms with van der Waals surface area (Å²) in [6.45, 7) is 5.93. The lowest BCUT2D eigenvalue weighted by atomic mass is 9.98. The molecule has 3 N–H and O–H groups in total. The Morgan fingerprint density at radius 3 is 2.50 bits per heavy atom. The van der Waals surface area contributed by atoms with Crippen LogP contribution in [0.15, 0.2) is 29.2 Å². The van der Waals surface area contributed by atoms with Gasteiger partial charge in [0.05, 0.1) is 5.75 Å². The Morgan fingerprint density at radius 1 is 1.30 bits per heavy atom. The molecule has 6 heteroatoms. The fraction of sp³-hybridized carbons (Fsp3) is 0.571. The molecule has 114 valence electrons. The minimum Gasteiger partial charge on any atom is -0.399 e. The standard InChI is InChI=1S/C14H24N2O2S2/c1-4-14(3,5-2)16-20(17,18)10-9-19-13-8-6-7-12(15)11-13/h6-8,11,16H,4-5,9-10,15H2,1-3H3. The second-order valence-electron chi connectivity index (χ2n) is 5.11. The number of rotatable bonds is 8. The zero-order valence-electron chi connectivity index (χ0n) is 12.3. The van der Waals surface area contributed by atoms with Crippen LogP contribution in [0.5, 0.6) is 0 Å². The number of anilines is 1. The Labute approximate surface area is 126 Å². The molecule has 0 bridgehead atoms. The Balaban J connectivity index is 2.52. The summed E-state index contributed by atoms with van der Waals surface area (Å²) in [5, 5.41) is 0. The molecule has 0 aliphatic rings. The highest BCUT2D eigenvalue weighted by Crippen LogP contribution is 2.21. The van der Waals surface area contributed by atoms with Crippen LogP contribution in [0.1, 0.15) is 33.6 Å². The van der Waals surface area contributed by atoms with E-state index in [9.17, 15) is 8.42 Å². The van der Waals surface area contributed by atoms with Crippen molar-refractivity contribution in [2.45, 2.75) is 44.0 Å². The summed E-state index contributed by atoms with van der Waals surface area (Å²) in [5.74, 6) is 0.629. The minimum atomic E-state index is -3.25. The van der Waals surface area contributed by atoms with Crippen molar-refractivity contribution in [3.63, 3.8) is 0 Å². The SMILES string of the molecule is CCC(C)(CC)NS(=O)(=O)CCSc1cccc(N)c1. The zero-order valence-corrected chi connectivity index (χ0v) is 14.0. The number of thioether (sulfide) groups is 1. The minimum absolute atomic E-state index is 0.113. The molecule has 0 aromatic heterocycles. The summed E-state index contributed by atoms with van der Waals surface area (Å²) in [5.41, 5.74) is 6.04. The van der Waals surface area contributed by atoms with Crippen molar-refractivity contribution >= 4 is 27.5 Å². The van der Waals surface area contributed by atoms with Gasteiger partial charge in [0.25, 0.3) is 0 Å². The van der Waals surface area contributed by atoms with Crippen LogP contribution in [-0.2, 0) is 10.0 Å². The van der Waals surface area contributed by atoms with Crippen LogP contribution in [0.4, 0.5) is 5.69 Å². The van der Waals surface area contributed by atoms with Gasteiger partial charge in [0.2, 0.25) is 10.0 Å². The maximum absolute atomic E-state index is 12.1. The Morgan fingerprint density at radius 2 is 1.95 bits per heavy atom. The molecule has 1 aromatic rings. The highest BCUT2D eigenvalue weighted by molar-refractivity contribution is 8.00. The van der Waals surface area contributed by atoms with Crippen LogP contribution >= 0.6 is 11.8 Å². The summed E-state index contributed by atoms with van der Waals surface area (Å²) in [7, 11) is -3.25. The smallest absolute Gasteiger partial charge is 0.212 e. The molecule has 0 atom stereocenters. The third-order valence-corrected chi connectivity index (χ3v) is 6.24. The van der Waals surface area contributed by atoms with Crippen LogP contribution in [0.25, 0.3) is 0 Å². The molecule has 0 radical (unpaired) electrons. The lowest BCUT2D eigenvalue weighted by molar-refractivity contribution is 0.389. The van der Waals surface area contributed by atoms with Crippen LogP contribution in [0, 0.1) is 0 Å². The topological polar surface area (TPSA) is 72.2 Å². The van der Waals surface area contributed by atoms with Gasteiger partial charge >= 0.3 is 0 Å². The van der Waals surface area contributed by atoms with Crippen molar-refractivity contribution in [1.82, 2.24) is 4.72 Å². The third kappa shape index (κ3) is 5.73. The molecule has 0 heterocycles. The zero-order chi connectivity index (χ0) is 15.2. The van der Waals surface area contributed by atoms with E-state index in [2.05, 4.69) is 4.72 Å². The van der Waals surface area contributed by atoms with Crippen LogP contribution in [-0.4, -0.2) is 25.5 Å². The Bertz CT molecular complexity index is 526. The molecular weight excluding hydrogens is 292 g/mol. The van der Waals surface area contributed by atoms with Gasteiger partial charge in [-0.15, -0.1) is 11.8 Å². The van der Waals surface area contributed by atoms with E-state index in [0.717, 1.165) is 17.7 Å². The van der Waals surface area contributed by atoms with E-state index in [0.29, 0.717) is 11.4 Å². The molecule has 0 unspecified atom stereocenters. The van der Waals surface area contributed by atoms with E-state index in [1.807, 2.05) is 45.0 Å². The lowest BCUT2D eigenvalue weighted by Gasteiger charge is -2.27. The first-order chi connectivity index (χ1) is 9.30. The van der Waals surface area contributed by atoms with Crippen molar-refractivity contribution in [2.24, 2.45) is 0 Å². The maximum Gasteiger partial charge on any atom is 0.212 e. The Kier molecular flexibility index (Phi) is 6.36. The fourth-order valence-electron chi connectivity index (χ4n) is 1.69. The molecule has 4 nitrogen and oxygen atoms in total. The van der Waals surface area contributed by atoms with Crippen LogP contribution in [0.3, 0.4) is 0 Å². The predicted octanol–water partition coefficient (Wildman–Crippen LogP) is 2.86.